The van der Waals surface area contributed by atoms with Crippen LogP contribution < -0.4 is 5.32 Å². The number of carboxylic acids is 1. The fraction of sp³-hybridized carbons (Fsp3) is 0.455. The number of amides is 2. The van der Waals surface area contributed by atoms with Crippen LogP contribution in [0, 0.1) is 0 Å². The molecule has 0 spiro atoms. The largest absolute Gasteiger partial charge is 0.476 e. The number of piperazine rings is 1. The molecule has 1 aromatic heterocycles. The quantitative estimate of drug-likeness (QED) is 0.759. The van der Waals surface area contributed by atoms with Crippen molar-refractivity contribution in [2.75, 3.05) is 6.54 Å². The number of aromatic nitrogens is 1. The van der Waals surface area contributed by atoms with Crippen LogP contribution in [0.25, 0.3) is 0 Å². The Morgan fingerprint density at radius 1 is 1.63 bits per heavy atom. The monoisotopic (exact) mass is 283 g/mol. The van der Waals surface area contributed by atoms with E-state index in [9.17, 15) is 14.4 Å². The van der Waals surface area contributed by atoms with Crippen LogP contribution in [-0.2, 0) is 16.1 Å². The Kier molecular flexibility index (Phi) is 3.91. The van der Waals surface area contributed by atoms with E-state index >= 15 is 0 Å². The molecule has 2 N–H and O–H groups in total. The Hall–Kier alpha value is -1.80. The second-order valence-electron chi connectivity index (χ2n) is 4.19. The van der Waals surface area contributed by atoms with Crippen LogP contribution in [0.4, 0.5) is 0 Å². The van der Waals surface area contributed by atoms with Gasteiger partial charge in [0.15, 0.2) is 0 Å². The van der Waals surface area contributed by atoms with Gasteiger partial charge in [-0.25, -0.2) is 9.78 Å². The number of nitrogens with zero attached hydrogens (tertiary/aromatic N) is 2. The lowest BCUT2D eigenvalue weighted by Crippen LogP contribution is -2.57. The van der Waals surface area contributed by atoms with Crippen LogP contribution in [0.3, 0.4) is 0 Å². The standard InChI is InChI=1S/C11H13N3O4S/c1-2-7-9(16)13-8(15)4-14(7)3-6-5-19-10(12-6)11(17)18/h5,7H,2-4H2,1H3,(H,17,18)(H,13,15,16). The van der Waals surface area contributed by atoms with Gasteiger partial charge in [-0.15, -0.1) is 11.3 Å². The van der Waals surface area contributed by atoms with E-state index in [0.29, 0.717) is 18.7 Å². The molecule has 1 saturated heterocycles. The molecule has 1 aliphatic heterocycles. The summed E-state index contributed by atoms with van der Waals surface area (Å²) in [6.07, 6.45) is 0.578. The van der Waals surface area contributed by atoms with Crippen molar-refractivity contribution >= 4 is 29.1 Å². The van der Waals surface area contributed by atoms with Gasteiger partial charge in [0, 0.05) is 11.9 Å². The smallest absolute Gasteiger partial charge is 0.365 e. The number of hydrogen-bond donors (Lipinski definition) is 2. The summed E-state index contributed by atoms with van der Waals surface area (Å²) in [6.45, 7) is 2.27. The van der Waals surface area contributed by atoms with Crippen molar-refractivity contribution in [2.24, 2.45) is 0 Å². The molecule has 8 heteroatoms. The van der Waals surface area contributed by atoms with Crippen LogP contribution in [-0.4, -0.2) is 45.4 Å². The Morgan fingerprint density at radius 3 is 2.95 bits per heavy atom. The van der Waals surface area contributed by atoms with Gasteiger partial charge in [-0.05, 0) is 6.42 Å². The first-order valence-electron chi connectivity index (χ1n) is 5.76. The third-order valence-electron chi connectivity index (χ3n) is 2.84. The molecule has 1 unspecified atom stereocenters. The van der Waals surface area contributed by atoms with Gasteiger partial charge in [0.05, 0.1) is 18.3 Å². The van der Waals surface area contributed by atoms with E-state index in [2.05, 4.69) is 10.3 Å². The average molecular weight is 283 g/mol. The molecule has 0 aliphatic carbocycles. The van der Waals surface area contributed by atoms with Gasteiger partial charge in [-0.3, -0.25) is 19.8 Å². The van der Waals surface area contributed by atoms with E-state index in [1.54, 1.807) is 10.3 Å². The van der Waals surface area contributed by atoms with Crippen molar-refractivity contribution in [2.45, 2.75) is 25.9 Å². The Labute approximate surface area is 113 Å². The maximum atomic E-state index is 11.7. The zero-order chi connectivity index (χ0) is 14.0. The minimum atomic E-state index is -1.07. The molecule has 0 saturated carbocycles. The molecule has 2 rings (SSSR count). The Morgan fingerprint density at radius 2 is 2.37 bits per heavy atom. The molecule has 0 bridgehead atoms. The summed E-state index contributed by atoms with van der Waals surface area (Å²) >= 11 is 1.03. The average Bonchev–Trinajstić information content (AvgIpc) is 2.77. The summed E-state index contributed by atoms with van der Waals surface area (Å²) in [5.41, 5.74) is 0.559. The Bertz CT molecular complexity index is 528. The first-order chi connectivity index (χ1) is 9.01. The highest BCUT2D eigenvalue weighted by Gasteiger charge is 2.32. The lowest BCUT2D eigenvalue weighted by atomic mass is 10.1. The SMILES string of the molecule is CCC1C(=O)NC(=O)CN1Cc1csc(C(=O)O)n1. The molecule has 1 aromatic rings. The van der Waals surface area contributed by atoms with E-state index in [-0.39, 0.29) is 29.4 Å². The number of nitrogens with one attached hydrogen (secondary N) is 1. The van der Waals surface area contributed by atoms with E-state index in [1.165, 1.54) is 0 Å². The molecule has 2 heterocycles. The maximum Gasteiger partial charge on any atom is 0.365 e. The first kappa shape index (κ1) is 13.6. The van der Waals surface area contributed by atoms with E-state index in [0.717, 1.165) is 11.3 Å². The van der Waals surface area contributed by atoms with Gasteiger partial charge >= 0.3 is 5.97 Å². The normalized spacial score (nSPS) is 20.4. The molecule has 1 fully saturated rings. The molecule has 1 atom stereocenters. The molecular weight excluding hydrogens is 270 g/mol. The molecule has 102 valence electrons. The second kappa shape index (κ2) is 5.45. The van der Waals surface area contributed by atoms with E-state index < -0.39 is 5.97 Å². The van der Waals surface area contributed by atoms with Crippen molar-refractivity contribution in [3.8, 4) is 0 Å². The van der Waals surface area contributed by atoms with Crippen LogP contribution in [0.1, 0.15) is 28.8 Å². The highest BCUT2D eigenvalue weighted by atomic mass is 32.1. The first-order valence-corrected chi connectivity index (χ1v) is 6.64. The molecule has 19 heavy (non-hydrogen) atoms. The summed E-state index contributed by atoms with van der Waals surface area (Å²) in [4.78, 5) is 39.4. The minimum absolute atomic E-state index is 0.0100. The summed E-state index contributed by atoms with van der Waals surface area (Å²) in [5, 5.41) is 12.7. The summed E-state index contributed by atoms with van der Waals surface area (Å²) in [7, 11) is 0. The van der Waals surface area contributed by atoms with E-state index in [4.69, 9.17) is 5.11 Å². The number of carbonyl (C=O) groups excluding carboxylic acids is 2. The molecular formula is C11H13N3O4S. The fourth-order valence-electron chi connectivity index (χ4n) is 2.02. The maximum absolute atomic E-state index is 11.7. The van der Waals surface area contributed by atoms with Gasteiger partial charge < -0.3 is 5.11 Å². The number of rotatable bonds is 4. The summed E-state index contributed by atoms with van der Waals surface area (Å²) in [6, 6.07) is -0.382. The summed E-state index contributed by atoms with van der Waals surface area (Å²) < 4.78 is 0. The topological polar surface area (TPSA) is 99.6 Å². The highest BCUT2D eigenvalue weighted by Crippen LogP contribution is 2.16. The lowest BCUT2D eigenvalue weighted by Gasteiger charge is -2.32. The van der Waals surface area contributed by atoms with Crippen molar-refractivity contribution < 1.29 is 19.5 Å². The highest BCUT2D eigenvalue weighted by molar-refractivity contribution is 7.11. The number of imide groups is 1. The third-order valence-corrected chi connectivity index (χ3v) is 3.72. The molecule has 1 aliphatic rings. The third kappa shape index (κ3) is 2.96. The fourth-order valence-corrected chi connectivity index (χ4v) is 2.66. The predicted octanol–water partition coefficient (Wildman–Crippen LogP) is 0.0783. The molecule has 7 nitrogen and oxygen atoms in total. The van der Waals surface area contributed by atoms with Gasteiger partial charge in [0.25, 0.3) is 0 Å². The van der Waals surface area contributed by atoms with Gasteiger partial charge in [0.2, 0.25) is 16.8 Å². The zero-order valence-electron chi connectivity index (χ0n) is 10.3. The molecule has 0 aromatic carbocycles. The minimum Gasteiger partial charge on any atom is -0.476 e. The van der Waals surface area contributed by atoms with Crippen LogP contribution in [0.2, 0.25) is 0 Å². The summed E-state index contributed by atoms with van der Waals surface area (Å²) in [5.74, 6) is -1.73. The number of hydrogen-bond acceptors (Lipinski definition) is 6. The molecule has 0 radical (unpaired) electrons. The van der Waals surface area contributed by atoms with Crippen LogP contribution in [0.5, 0.6) is 0 Å². The number of carbonyl (C=O) groups is 3. The Balaban J connectivity index is 2.12. The van der Waals surface area contributed by atoms with E-state index in [1.807, 2.05) is 6.92 Å². The number of thiazole rings is 1. The number of aromatic carboxylic acids is 1. The second-order valence-corrected chi connectivity index (χ2v) is 5.05. The van der Waals surface area contributed by atoms with Gasteiger partial charge in [-0.2, -0.15) is 0 Å². The van der Waals surface area contributed by atoms with Crippen LogP contribution in [0.15, 0.2) is 5.38 Å². The van der Waals surface area contributed by atoms with Crippen molar-refractivity contribution in [1.82, 2.24) is 15.2 Å². The van der Waals surface area contributed by atoms with Gasteiger partial charge in [-0.1, -0.05) is 6.92 Å². The van der Waals surface area contributed by atoms with Crippen molar-refractivity contribution in [3.05, 3.63) is 16.1 Å². The zero-order valence-corrected chi connectivity index (χ0v) is 11.1. The van der Waals surface area contributed by atoms with Gasteiger partial charge in [0.1, 0.15) is 0 Å². The number of carboxylic acid groups (broad SMARTS) is 1. The molecule has 2 amide bonds. The van der Waals surface area contributed by atoms with Crippen LogP contribution >= 0.6 is 11.3 Å². The van der Waals surface area contributed by atoms with Crippen molar-refractivity contribution in [1.29, 1.82) is 0 Å². The van der Waals surface area contributed by atoms with Crippen molar-refractivity contribution in [3.63, 3.8) is 0 Å². The predicted molar refractivity (Wildman–Crippen MR) is 66.7 cm³/mol. The lowest BCUT2D eigenvalue weighted by molar-refractivity contribution is -0.140.